The summed E-state index contributed by atoms with van der Waals surface area (Å²) in [6, 6.07) is 6.63. The molecular weight excluding hydrogens is 192 g/mol. The molecule has 72 valence electrons. The van der Waals surface area contributed by atoms with E-state index in [9.17, 15) is 10.1 Å². The zero-order valence-corrected chi connectivity index (χ0v) is 7.99. The van der Waals surface area contributed by atoms with Gasteiger partial charge in [0.15, 0.2) is 0 Å². The van der Waals surface area contributed by atoms with Crippen molar-refractivity contribution in [1.82, 2.24) is 0 Å². The maximum atomic E-state index is 10.3. The Morgan fingerprint density at radius 3 is 2.15 bits per heavy atom. The molecule has 13 heavy (non-hydrogen) atoms. The molecule has 4 nitrogen and oxygen atoms in total. The number of nitro groups is 1. The molecule has 1 atom stereocenters. The van der Waals surface area contributed by atoms with Crippen LogP contribution in [0.4, 0.5) is 5.69 Å². The Balaban J connectivity index is 0.00000144. The average Bonchev–Trinajstić information content (AvgIpc) is 2.04. The molecular formula is C8H11ClN2O2. The molecule has 5 heteroatoms. The van der Waals surface area contributed by atoms with Crippen LogP contribution in [-0.2, 0) is 0 Å². The highest BCUT2D eigenvalue weighted by Crippen LogP contribution is 2.14. The lowest BCUT2D eigenvalue weighted by Gasteiger charge is -2.00. The first kappa shape index (κ1) is 11.9. The molecule has 0 spiro atoms. The molecule has 0 amide bonds. The third kappa shape index (κ3) is 3.01. The van der Waals surface area contributed by atoms with Crippen LogP contribution in [0.3, 0.4) is 0 Å². The molecule has 0 radical (unpaired) electrons. The Kier molecular flexibility index (Phi) is 4.37. The van der Waals surface area contributed by atoms with Gasteiger partial charge in [-0.25, -0.2) is 0 Å². The van der Waals surface area contributed by atoms with Crippen molar-refractivity contribution >= 4 is 5.69 Å². The lowest BCUT2D eigenvalue weighted by Crippen LogP contribution is -3.00. The molecule has 0 aliphatic carbocycles. The van der Waals surface area contributed by atoms with Crippen LogP contribution in [-0.4, -0.2) is 4.92 Å². The van der Waals surface area contributed by atoms with Crippen LogP contribution in [0.1, 0.15) is 18.5 Å². The molecule has 0 aliphatic heterocycles. The molecule has 0 heterocycles. The minimum Gasteiger partial charge on any atom is -1.00 e. The van der Waals surface area contributed by atoms with Crippen molar-refractivity contribution in [3.05, 3.63) is 39.9 Å². The van der Waals surface area contributed by atoms with Crippen LogP contribution in [0.2, 0.25) is 0 Å². The molecule has 0 saturated heterocycles. The molecule has 1 aromatic rings. The molecule has 0 aromatic heterocycles. The van der Waals surface area contributed by atoms with E-state index in [0.717, 1.165) is 5.56 Å². The van der Waals surface area contributed by atoms with Crippen molar-refractivity contribution in [3.8, 4) is 0 Å². The second-order valence-corrected chi connectivity index (χ2v) is 2.75. The lowest BCUT2D eigenvalue weighted by molar-refractivity contribution is -0.420. The first-order valence-corrected chi connectivity index (χ1v) is 3.68. The molecule has 0 bridgehead atoms. The van der Waals surface area contributed by atoms with Crippen LogP contribution >= 0.6 is 0 Å². The highest BCUT2D eigenvalue weighted by molar-refractivity contribution is 5.33. The summed E-state index contributed by atoms with van der Waals surface area (Å²) >= 11 is 0. The first-order chi connectivity index (χ1) is 5.61. The zero-order chi connectivity index (χ0) is 9.14. The second kappa shape index (κ2) is 4.79. The van der Waals surface area contributed by atoms with E-state index in [0.29, 0.717) is 0 Å². The number of quaternary nitrogens is 1. The lowest BCUT2D eigenvalue weighted by atomic mass is 10.1. The smallest absolute Gasteiger partial charge is 0.269 e. The summed E-state index contributed by atoms with van der Waals surface area (Å²) in [5.41, 5.74) is 4.95. The van der Waals surface area contributed by atoms with E-state index in [4.69, 9.17) is 0 Å². The van der Waals surface area contributed by atoms with Gasteiger partial charge in [0.05, 0.1) is 4.92 Å². The SMILES string of the molecule is C[C@H]([NH3+])c1ccc([N+](=O)[O-])cc1.[Cl-]. The molecule has 0 saturated carbocycles. The average molecular weight is 203 g/mol. The van der Waals surface area contributed by atoms with E-state index in [-0.39, 0.29) is 24.1 Å². The maximum Gasteiger partial charge on any atom is 0.269 e. The highest BCUT2D eigenvalue weighted by atomic mass is 35.5. The quantitative estimate of drug-likeness (QED) is 0.441. The van der Waals surface area contributed by atoms with Gasteiger partial charge in [0.2, 0.25) is 0 Å². The van der Waals surface area contributed by atoms with Gasteiger partial charge in [-0.2, -0.15) is 0 Å². The number of nitrogens with zero attached hydrogens (tertiary/aromatic N) is 1. The monoisotopic (exact) mass is 202 g/mol. The van der Waals surface area contributed by atoms with E-state index in [1.54, 1.807) is 12.1 Å². The third-order valence-corrected chi connectivity index (χ3v) is 1.67. The fourth-order valence-electron chi connectivity index (χ4n) is 0.925. The summed E-state index contributed by atoms with van der Waals surface area (Å²) in [5, 5.41) is 10.3. The Morgan fingerprint density at radius 1 is 1.38 bits per heavy atom. The number of halogens is 1. The Bertz CT molecular complexity index is 285. The van der Waals surface area contributed by atoms with Crippen molar-refractivity contribution in [2.45, 2.75) is 13.0 Å². The van der Waals surface area contributed by atoms with Crippen molar-refractivity contribution in [1.29, 1.82) is 0 Å². The number of rotatable bonds is 2. The number of non-ortho nitro benzene ring substituents is 1. The summed E-state index contributed by atoms with van der Waals surface area (Å²) in [5.74, 6) is 0. The predicted octanol–water partition coefficient (Wildman–Crippen LogP) is -2.10. The van der Waals surface area contributed by atoms with Gasteiger partial charge in [0.1, 0.15) is 6.04 Å². The second-order valence-electron chi connectivity index (χ2n) is 2.75. The van der Waals surface area contributed by atoms with Crippen LogP contribution in [0.25, 0.3) is 0 Å². The van der Waals surface area contributed by atoms with Gasteiger partial charge < -0.3 is 18.1 Å². The Hall–Kier alpha value is -1.13. The standard InChI is InChI=1S/C8H10N2O2.ClH/c1-6(9)7-2-4-8(5-3-7)10(11)12;/h2-6H,9H2,1H3;1H/t6-;/m0./s1. The molecule has 0 aliphatic rings. The van der Waals surface area contributed by atoms with Gasteiger partial charge in [-0.05, 0) is 19.1 Å². The van der Waals surface area contributed by atoms with Crippen LogP contribution < -0.4 is 18.1 Å². The molecule has 0 fully saturated rings. The molecule has 0 unspecified atom stereocenters. The summed E-state index contributed by atoms with van der Waals surface area (Å²) in [7, 11) is 0. The Labute approximate surface area is 82.3 Å². The van der Waals surface area contributed by atoms with Crippen molar-refractivity contribution in [2.24, 2.45) is 0 Å². The van der Waals surface area contributed by atoms with Crippen LogP contribution in [0.15, 0.2) is 24.3 Å². The largest absolute Gasteiger partial charge is 1.00 e. The highest BCUT2D eigenvalue weighted by Gasteiger charge is 2.06. The van der Waals surface area contributed by atoms with Gasteiger partial charge in [-0.15, -0.1) is 0 Å². The van der Waals surface area contributed by atoms with Crippen molar-refractivity contribution < 1.29 is 23.1 Å². The maximum absolute atomic E-state index is 10.3. The van der Waals surface area contributed by atoms with E-state index >= 15 is 0 Å². The zero-order valence-electron chi connectivity index (χ0n) is 7.24. The molecule has 1 aromatic carbocycles. The van der Waals surface area contributed by atoms with E-state index < -0.39 is 4.92 Å². The van der Waals surface area contributed by atoms with Gasteiger partial charge in [-0.1, -0.05) is 0 Å². The van der Waals surface area contributed by atoms with Gasteiger partial charge in [0.25, 0.3) is 5.69 Å². The van der Waals surface area contributed by atoms with Crippen molar-refractivity contribution in [3.63, 3.8) is 0 Å². The normalized spacial score (nSPS) is 11.5. The van der Waals surface area contributed by atoms with Crippen LogP contribution in [0, 0.1) is 10.1 Å². The van der Waals surface area contributed by atoms with Crippen molar-refractivity contribution in [2.75, 3.05) is 0 Å². The summed E-state index contributed by atoms with van der Waals surface area (Å²) < 4.78 is 0. The van der Waals surface area contributed by atoms with Gasteiger partial charge >= 0.3 is 0 Å². The summed E-state index contributed by atoms with van der Waals surface area (Å²) in [4.78, 5) is 9.87. The number of benzene rings is 1. The summed E-state index contributed by atoms with van der Waals surface area (Å²) in [6.45, 7) is 1.95. The number of hydrogen-bond donors (Lipinski definition) is 1. The van der Waals surface area contributed by atoms with E-state index in [1.807, 2.05) is 6.92 Å². The Morgan fingerprint density at radius 2 is 1.85 bits per heavy atom. The number of nitro benzene ring substituents is 1. The van der Waals surface area contributed by atoms with Gasteiger partial charge in [0, 0.05) is 17.7 Å². The molecule has 1 rings (SSSR count). The third-order valence-electron chi connectivity index (χ3n) is 1.67. The van der Waals surface area contributed by atoms with E-state index in [1.165, 1.54) is 12.1 Å². The predicted molar refractivity (Wildman–Crippen MR) is 44.4 cm³/mol. The topological polar surface area (TPSA) is 70.8 Å². The summed E-state index contributed by atoms with van der Waals surface area (Å²) in [6.07, 6.45) is 0. The fourth-order valence-corrected chi connectivity index (χ4v) is 0.925. The van der Waals surface area contributed by atoms with Crippen LogP contribution in [0.5, 0.6) is 0 Å². The number of hydrogen-bond acceptors (Lipinski definition) is 2. The fraction of sp³-hybridized carbons (Fsp3) is 0.250. The minimum absolute atomic E-state index is 0. The minimum atomic E-state index is -0.405. The molecule has 3 N–H and O–H groups in total. The van der Waals surface area contributed by atoms with E-state index in [2.05, 4.69) is 5.73 Å². The van der Waals surface area contributed by atoms with Gasteiger partial charge in [-0.3, -0.25) is 10.1 Å². The first-order valence-electron chi connectivity index (χ1n) is 3.68.